The van der Waals surface area contributed by atoms with Gasteiger partial charge in [-0.25, -0.2) is 14.4 Å². The standard InChI is InChI=1S/C30H38N4O8/c1-41-28(39)31-23-12-6-4-2-3-5-11-21-16-30(21,27(37)38)32-25(35)24-15-22(18-34(24)26(23)36)42-29(40)33-14-13-19-9-7-8-10-20(19)17-33/h5,7-11,21-24H,2-4,6,12-18H2,1H3,(H,31,39)(H,32,35)(H,37,38)/b11-5-/t21-,22+,23-,24-,30+/m0/s1. The molecular formula is C30H38N4O8. The van der Waals surface area contributed by atoms with E-state index >= 15 is 0 Å². The average Bonchev–Trinajstić information content (AvgIpc) is 3.52. The van der Waals surface area contributed by atoms with Crippen molar-refractivity contribution in [1.29, 1.82) is 0 Å². The molecule has 1 aliphatic carbocycles. The number of alkyl carbamates (subject to hydrolysis) is 1. The fourth-order valence-corrected chi connectivity index (χ4v) is 6.22. The molecule has 0 unspecified atom stereocenters. The Hall–Kier alpha value is -4.09. The van der Waals surface area contributed by atoms with Gasteiger partial charge in [-0.3, -0.25) is 9.59 Å². The van der Waals surface area contributed by atoms with Crippen molar-refractivity contribution in [2.75, 3.05) is 20.2 Å². The molecule has 12 nitrogen and oxygen atoms in total. The van der Waals surface area contributed by atoms with Gasteiger partial charge in [-0.05, 0) is 43.2 Å². The number of hydrogen-bond acceptors (Lipinski definition) is 7. The zero-order valence-corrected chi connectivity index (χ0v) is 23.8. The summed E-state index contributed by atoms with van der Waals surface area (Å²) in [6, 6.07) is 5.85. The van der Waals surface area contributed by atoms with Crippen LogP contribution in [0.2, 0.25) is 0 Å². The number of ether oxygens (including phenoxy) is 2. The fraction of sp³-hybridized carbons (Fsp3) is 0.567. The van der Waals surface area contributed by atoms with Crippen LogP contribution in [-0.2, 0) is 36.8 Å². The van der Waals surface area contributed by atoms with E-state index < -0.39 is 53.7 Å². The first-order valence-corrected chi connectivity index (χ1v) is 14.6. The highest BCUT2D eigenvalue weighted by atomic mass is 16.6. The number of methoxy groups -OCH3 is 1. The van der Waals surface area contributed by atoms with E-state index in [4.69, 9.17) is 9.47 Å². The van der Waals surface area contributed by atoms with Crippen LogP contribution in [0.25, 0.3) is 0 Å². The van der Waals surface area contributed by atoms with Crippen LogP contribution in [0.1, 0.15) is 56.1 Å². The quantitative estimate of drug-likeness (QED) is 0.459. The number of carbonyl (C=O) groups is 5. The number of allylic oxidation sites excluding steroid dienone is 1. The van der Waals surface area contributed by atoms with Crippen LogP contribution in [-0.4, -0.2) is 88.8 Å². The third kappa shape index (κ3) is 6.22. The molecule has 1 aromatic rings. The third-order valence-corrected chi connectivity index (χ3v) is 8.75. The Morgan fingerprint density at radius 3 is 2.67 bits per heavy atom. The van der Waals surface area contributed by atoms with Crippen molar-refractivity contribution in [2.45, 2.75) is 81.6 Å². The van der Waals surface area contributed by atoms with Crippen molar-refractivity contribution in [1.82, 2.24) is 20.4 Å². The van der Waals surface area contributed by atoms with E-state index in [9.17, 15) is 29.1 Å². The lowest BCUT2D eigenvalue weighted by molar-refractivity contribution is -0.145. The minimum absolute atomic E-state index is 0.00882. The second-order valence-corrected chi connectivity index (χ2v) is 11.5. The Morgan fingerprint density at radius 1 is 1.12 bits per heavy atom. The molecule has 5 atom stereocenters. The van der Waals surface area contributed by atoms with Gasteiger partial charge in [0.25, 0.3) is 0 Å². The molecule has 1 saturated carbocycles. The normalized spacial score (nSPS) is 30.3. The van der Waals surface area contributed by atoms with E-state index in [1.165, 1.54) is 17.6 Å². The summed E-state index contributed by atoms with van der Waals surface area (Å²) in [5.41, 5.74) is 0.778. The molecular weight excluding hydrogens is 544 g/mol. The molecule has 1 aromatic carbocycles. The molecule has 3 aliphatic heterocycles. The summed E-state index contributed by atoms with van der Waals surface area (Å²) >= 11 is 0. The zero-order chi connectivity index (χ0) is 29.9. The van der Waals surface area contributed by atoms with Crippen LogP contribution >= 0.6 is 0 Å². The summed E-state index contributed by atoms with van der Waals surface area (Å²) in [5.74, 6) is -2.61. The van der Waals surface area contributed by atoms with Crippen LogP contribution in [0.5, 0.6) is 0 Å². The van der Waals surface area contributed by atoms with E-state index in [0.717, 1.165) is 24.8 Å². The number of hydrogen-bond donors (Lipinski definition) is 3. The Morgan fingerprint density at radius 2 is 1.90 bits per heavy atom. The van der Waals surface area contributed by atoms with E-state index in [2.05, 4.69) is 10.6 Å². The number of carbonyl (C=O) groups excluding carboxylic acids is 4. The number of carboxylic acid groups (broad SMARTS) is 1. The summed E-state index contributed by atoms with van der Waals surface area (Å²) < 4.78 is 10.6. The lowest BCUT2D eigenvalue weighted by Gasteiger charge is -2.29. The third-order valence-electron chi connectivity index (χ3n) is 8.75. The predicted molar refractivity (Wildman–Crippen MR) is 149 cm³/mol. The number of nitrogens with one attached hydrogen (secondary N) is 2. The van der Waals surface area contributed by atoms with Crippen molar-refractivity contribution in [3.05, 3.63) is 47.5 Å². The van der Waals surface area contributed by atoms with Gasteiger partial charge in [-0.15, -0.1) is 0 Å². The van der Waals surface area contributed by atoms with E-state index in [-0.39, 0.29) is 25.3 Å². The molecule has 2 fully saturated rings. The molecule has 12 heteroatoms. The average molecular weight is 583 g/mol. The lowest BCUT2D eigenvalue weighted by atomic mass is 10.0. The van der Waals surface area contributed by atoms with Crippen molar-refractivity contribution >= 4 is 30.0 Å². The van der Waals surface area contributed by atoms with Gasteiger partial charge in [-0.1, -0.05) is 49.3 Å². The predicted octanol–water partition coefficient (Wildman–Crippen LogP) is 2.36. The molecule has 4 amide bonds. The SMILES string of the molecule is COC(=O)N[C@H]1CCCCC/C=C\[C@H]2C[C@@]2(C(=O)O)NC(=O)[C@@H]2C[C@@H](OC(=O)N3CCc4ccccc4C3)CN2C1=O. The highest BCUT2D eigenvalue weighted by Crippen LogP contribution is 2.45. The maximum absolute atomic E-state index is 13.8. The maximum atomic E-state index is 13.8. The van der Waals surface area contributed by atoms with Gasteiger partial charge in [0.05, 0.1) is 13.7 Å². The van der Waals surface area contributed by atoms with Gasteiger partial charge in [0, 0.05) is 25.4 Å². The number of amides is 4. The highest BCUT2D eigenvalue weighted by Gasteiger charge is 2.61. The maximum Gasteiger partial charge on any atom is 0.410 e. The van der Waals surface area contributed by atoms with Crippen molar-refractivity contribution in [2.24, 2.45) is 5.92 Å². The zero-order valence-electron chi connectivity index (χ0n) is 23.8. The Labute approximate surface area is 244 Å². The summed E-state index contributed by atoms with van der Waals surface area (Å²) in [7, 11) is 1.21. The van der Waals surface area contributed by atoms with E-state index in [1.54, 1.807) is 4.90 Å². The van der Waals surface area contributed by atoms with Crippen molar-refractivity contribution in [3.63, 3.8) is 0 Å². The highest BCUT2D eigenvalue weighted by molar-refractivity contribution is 5.96. The van der Waals surface area contributed by atoms with Gasteiger partial charge in [-0.2, -0.15) is 0 Å². The number of fused-ring (bicyclic) bond motifs is 3. The minimum Gasteiger partial charge on any atom is -0.479 e. The second-order valence-electron chi connectivity index (χ2n) is 11.5. The second kappa shape index (κ2) is 12.4. The first kappa shape index (κ1) is 29.4. The van der Waals surface area contributed by atoms with Crippen LogP contribution in [0.3, 0.4) is 0 Å². The first-order chi connectivity index (χ1) is 20.2. The molecule has 42 heavy (non-hydrogen) atoms. The minimum atomic E-state index is -1.44. The molecule has 0 spiro atoms. The van der Waals surface area contributed by atoms with Crippen LogP contribution in [0, 0.1) is 5.92 Å². The van der Waals surface area contributed by atoms with Crippen LogP contribution in [0.4, 0.5) is 9.59 Å². The molecule has 5 rings (SSSR count). The first-order valence-electron chi connectivity index (χ1n) is 14.6. The van der Waals surface area contributed by atoms with Crippen molar-refractivity contribution in [3.8, 4) is 0 Å². The molecule has 3 heterocycles. The number of rotatable bonds is 3. The van der Waals surface area contributed by atoms with Gasteiger partial charge >= 0.3 is 18.2 Å². The molecule has 226 valence electrons. The van der Waals surface area contributed by atoms with Crippen molar-refractivity contribution < 1.29 is 38.6 Å². The molecule has 0 radical (unpaired) electrons. The van der Waals surface area contributed by atoms with E-state index in [1.807, 2.05) is 36.4 Å². The Bertz CT molecular complexity index is 1270. The van der Waals surface area contributed by atoms with Gasteiger partial charge < -0.3 is 35.0 Å². The Balaban J connectivity index is 1.36. The van der Waals surface area contributed by atoms with Gasteiger partial charge in [0.1, 0.15) is 23.7 Å². The summed E-state index contributed by atoms with van der Waals surface area (Å²) in [6.07, 6.45) is 6.00. The molecule has 1 saturated heterocycles. The van der Waals surface area contributed by atoms with Gasteiger partial charge in [0.2, 0.25) is 11.8 Å². The molecule has 0 bridgehead atoms. The molecule has 4 aliphatic rings. The fourth-order valence-electron chi connectivity index (χ4n) is 6.22. The monoisotopic (exact) mass is 582 g/mol. The smallest absolute Gasteiger partial charge is 0.410 e. The van der Waals surface area contributed by atoms with Crippen LogP contribution < -0.4 is 10.6 Å². The largest absolute Gasteiger partial charge is 0.479 e. The van der Waals surface area contributed by atoms with E-state index in [0.29, 0.717) is 32.4 Å². The number of carboxylic acids is 1. The summed E-state index contributed by atoms with van der Waals surface area (Å²) in [4.78, 5) is 67.9. The molecule has 3 N–H and O–H groups in total. The topological polar surface area (TPSA) is 155 Å². The number of benzene rings is 1. The molecule has 0 aromatic heterocycles. The number of aliphatic carboxylic acids is 1. The Kier molecular flexibility index (Phi) is 8.69. The lowest BCUT2D eigenvalue weighted by Crippen LogP contribution is -2.56. The summed E-state index contributed by atoms with van der Waals surface area (Å²) in [5, 5.41) is 15.3. The summed E-state index contributed by atoms with van der Waals surface area (Å²) in [6.45, 7) is 0.821. The number of nitrogens with zero attached hydrogens (tertiary/aromatic N) is 2. The van der Waals surface area contributed by atoms with Crippen LogP contribution in [0.15, 0.2) is 36.4 Å². The van der Waals surface area contributed by atoms with Gasteiger partial charge in [0.15, 0.2) is 0 Å².